The third-order valence-corrected chi connectivity index (χ3v) is 6.09. The second-order valence-electron chi connectivity index (χ2n) is 2.73. The van der Waals surface area contributed by atoms with E-state index in [-0.39, 0.29) is 4.21 Å². The summed E-state index contributed by atoms with van der Waals surface area (Å²) in [6, 6.07) is 0. The molecule has 6 nitrogen and oxygen atoms in total. The smallest absolute Gasteiger partial charge is 0.203 e. The van der Waals surface area contributed by atoms with Crippen LogP contribution in [0.5, 0.6) is 0 Å². The van der Waals surface area contributed by atoms with E-state index in [1.54, 1.807) is 0 Å². The van der Waals surface area contributed by atoms with Crippen molar-refractivity contribution in [1.82, 2.24) is 15.2 Å². The molecule has 0 saturated carbocycles. The van der Waals surface area contributed by atoms with Crippen LogP contribution in [0.25, 0.3) is 0 Å². The van der Waals surface area contributed by atoms with E-state index in [1.165, 1.54) is 29.3 Å². The lowest BCUT2D eigenvalue weighted by Gasteiger charge is -1.88. The zero-order valence-corrected chi connectivity index (χ0v) is 11.2. The van der Waals surface area contributed by atoms with Crippen LogP contribution in [0, 0.1) is 0 Å². The Bertz CT molecular complexity index is 602. The summed E-state index contributed by atoms with van der Waals surface area (Å²) >= 11 is 3.59. The molecule has 2 rings (SSSR count). The first kappa shape index (κ1) is 11.8. The Morgan fingerprint density at radius 3 is 2.56 bits per heavy atom. The zero-order valence-electron chi connectivity index (χ0n) is 7.95. The number of hydrogen-bond acceptors (Lipinski definition) is 9. The Hall–Kier alpha value is -0.710. The van der Waals surface area contributed by atoms with Gasteiger partial charge in [0.2, 0.25) is 5.13 Å². The third kappa shape index (κ3) is 2.70. The van der Waals surface area contributed by atoms with Gasteiger partial charge in [-0.05, 0) is 11.8 Å². The molecular formula is C6H6N4O2S4. The van der Waals surface area contributed by atoms with Crippen molar-refractivity contribution in [3.05, 3.63) is 6.20 Å². The summed E-state index contributed by atoms with van der Waals surface area (Å²) in [5.74, 6) is 0. The molecular weight excluding hydrogens is 288 g/mol. The molecule has 16 heavy (non-hydrogen) atoms. The molecule has 2 N–H and O–H groups in total. The topological polar surface area (TPSA) is 98.8 Å². The highest BCUT2D eigenvalue weighted by atomic mass is 32.2. The normalized spacial score (nSPS) is 11.8. The van der Waals surface area contributed by atoms with E-state index in [9.17, 15) is 8.42 Å². The predicted octanol–water partition coefficient (Wildman–Crippen LogP) is 1.13. The van der Waals surface area contributed by atoms with Crippen molar-refractivity contribution in [3.63, 3.8) is 0 Å². The minimum Gasteiger partial charge on any atom is -0.374 e. The SMILES string of the molecule is CS(=O)(=O)c1cnc(Sc2nnc(N)s2)s1. The maximum Gasteiger partial charge on any atom is 0.203 e. The number of rotatable bonds is 3. The number of thiazole rings is 1. The van der Waals surface area contributed by atoms with Gasteiger partial charge in [0.15, 0.2) is 18.5 Å². The molecule has 0 aliphatic heterocycles. The molecule has 0 atom stereocenters. The van der Waals surface area contributed by atoms with Crippen molar-refractivity contribution >= 4 is 49.4 Å². The molecule has 0 saturated heterocycles. The summed E-state index contributed by atoms with van der Waals surface area (Å²) in [5.41, 5.74) is 5.43. The van der Waals surface area contributed by atoms with E-state index in [1.807, 2.05) is 0 Å². The molecule has 0 aromatic carbocycles. The largest absolute Gasteiger partial charge is 0.374 e. The number of sulfone groups is 1. The fraction of sp³-hybridized carbons (Fsp3) is 0.167. The Labute approximate surface area is 104 Å². The summed E-state index contributed by atoms with van der Waals surface area (Å²) in [7, 11) is -3.18. The highest BCUT2D eigenvalue weighted by Crippen LogP contribution is 2.34. The van der Waals surface area contributed by atoms with E-state index in [2.05, 4.69) is 15.2 Å². The highest BCUT2D eigenvalue weighted by Gasteiger charge is 2.14. The van der Waals surface area contributed by atoms with Crippen molar-refractivity contribution < 1.29 is 8.42 Å². The number of hydrogen-bond donors (Lipinski definition) is 1. The summed E-state index contributed by atoms with van der Waals surface area (Å²) in [6.45, 7) is 0. The average molecular weight is 294 g/mol. The second kappa shape index (κ2) is 4.28. The van der Waals surface area contributed by atoms with Gasteiger partial charge < -0.3 is 5.73 Å². The quantitative estimate of drug-likeness (QED) is 0.905. The molecule has 0 radical (unpaired) electrons. The first-order valence-electron chi connectivity index (χ1n) is 3.88. The Balaban J connectivity index is 2.21. The number of nitrogens with zero attached hydrogens (tertiary/aromatic N) is 3. The third-order valence-electron chi connectivity index (χ3n) is 1.43. The number of aromatic nitrogens is 3. The summed E-state index contributed by atoms with van der Waals surface area (Å²) < 4.78 is 23.9. The molecule has 0 aliphatic rings. The fourth-order valence-electron chi connectivity index (χ4n) is 0.799. The molecule has 0 aliphatic carbocycles. The molecule has 10 heteroatoms. The molecule has 2 aromatic rings. The summed E-state index contributed by atoms with van der Waals surface area (Å²) in [5, 5.41) is 7.84. The minimum absolute atomic E-state index is 0.243. The monoisotopic (exact) mass is 294 g/mol. The second-order valence-corrected chi connectivity index (χ2v) is 8.50. The van der Waals surface area contributed by atoms with E-state index >= 15 is 0 Å². The van der Waals surface area contributed by atoms with Crippen LogP contribution >= 0.6 is 34.4 Å². The van der Waals surface area contributed by atoms with Gasteiger partial charge in [-0.15, -0.1) is 10.2 Å². The number of nitrogens with two attached hydrogens (primary N) is 1. The van der Waals surface area contributed by atoms with Crippen LogP contribution in [0.15, 0.2) is 19.1 Å². The van der Waals surface area contributed by atoms with Crippen LogP contribution in [0.3, 0.4) is 0 Å². The van der Waals surface area contributed by atoms with Crippen molar-refractivity contribution in [2.24, 2.45) is 0 Å². The van der Waals surface area contributed by atoms with Gasteiger partial charge in [0.25, 0.3) is 0 Å². The molecule has 0 bridgehead atoms. The standard InChI is InChI=1S/C6H6N4O2S4/c1-16(11,12)3-2-8-5(13-3)15-6-10-9-4(7)14-6/h2H,1H3,(H2,7,9). The van der Waals surface area contributed by atoms with Gasteiger partial charge in [-0.3, -0.25) is 0 Å². The molecule has 0 amide bonds. The van der Waals surface area contributed by atoms with E-state index in [4.69, 9.17) is 5.73 Å². The van der Waals surface area contributed by atoms with Gasteiger partial charge >= 0.3 is 0 Å². The number of nitrogen functional groups attached to an aromatic ring is 1. The van der Waals surface area contributed by atoms with Gasteiger partial charge in [0.05, 0.1) is 6.20 Å². The molecule has 0 unspecified atom stereocenters. The molecule has 0 spiro atoms. The van der Waals surface area contributed by atoms with Crippen LogP contribution in [-0.2, 0) is 9.84 Å². The van der Waals surface area contributed by atoms with Gasteiger partial charge in [0.1, 0.15) is 4.21 Å². The number of anilines is 1. The Kier molecular flexibility index (Phi) is 3.15. The van der Waals surface area contributed by atoms with Gasteiger partial charge in [-0.2, -0.15) is 0 Å². The lowest BCUT2D eigenvalue weighted by atomic mass is 11.0. The first-order valence-corrected chi connectivity index (χ1v) is 8.22. The van der Waals surface area contributed by atoms with Gasteiger partial charge in [-0.25, -0.2) is 13.4 Å². The molecule has 0 fully saturated rings. The fourth-order valence-corrected chi connectivity index (χ4v) is 4.60. The lowest BCUT2D eigenvalue weighted by Crippen LogP contribution is -1.91. The summed E-state index contributed by atoms with van der Waals surface area (Å²) in [6.07, 6.45) is 2.49. The lowest BCUT2D eigenvalue weighted by molar-refractivity contribution is 0.603. The van der Waals surface area contributed by atoms with Crippen LogP contribution in [0.2, 0.25) is 0 Å². The van der Waals surface area contributed by atoms with Crippen LogP contribution in [0.1, 0.15) is 0 Å². The summed E-state index contributed by atoms with van der Waals surface area (Å²) in [4.78, 5) is 3.99. The molecule has 86 valence electrons. The molecule has 2 aromatic heterocycles. The zero-order chi connectivity index (χ0) is 11.8. The predicted molar refractivity (Wildman–Crippen MR) is 63.7 cm³/mol. The van der Waals surface area contributed by atoms with Gasteiger partial charge in [0, 0.05) is 6.26 Å². The van der Waals surface area contributed by atoms with Crippen LogP contribution < -0.4 is 5.73 Å². The van der Waals surface area contributed by atoms with Crippen molar-refractivity contribution in [2.75, 3.05) is 12.0 Å². The first-order chi connectivity index (χ1) is 7.45. The van der Waals surface area contributed by atoms with Crippen molar-refractivity contribution in [2.45, 2.75) is 12.9 Å². The molecule has 2 heterocycles. The Morgan fingerprint density at radius 2 is 2.06 bits per heavy atom. The average Bonchev–Trinajstić information content (AvgIpc) is 2.74. The maximum absolute atomic E-state index is 11.2. The van der Waals surface area contributed by atoms with E-state index < -0.39 is 9.84 Å². The Morgan fingerprint density at radius 1 is 1.31 bits per heavy atom. The van der Waals surface area contributed by atoms with Crippen LogP contribution in [0.4, 0.5) is 5.13 Å². The van der Waals surface area contributed by atoms with Crippen molar-refractivity contribution in [1.29, 1.82) is 0 Å². The van der Waals surface area contributed by atoms with Crippen LogP contribution in [-0.4, -0.2) is 29.9 Å². The maximum atomic E-state index is 11.2. The van der Waals surface area contributed by atoms with Crippen molar-refractivity contribution in [3.8, 4) is 0 Å². The van der Waals surface area contributed by atoms with E-state index in [0.717, 1.165) is 17.6 Å². The van der Waals surface area contributed by atoms with E-state index in [0.29, 0.717) is 13.8 Å². The van der Waals surface area contributed by atoms with Gasteiger partial charge in [-0.1, -0.05) is 22.7 Å². The highest BCUT2D eigenvalue weighted by molar-refractivity contribution is 8.03. The minimum atomic E-state index is -3.18.